The molecule has 4 aromatic rings. The van der Waals surface area contributed by atoms with Crippen molar-refractivity contribution in [3.63, 3.8) is 0 Å². The number of anilines is 2. The van der Waals surface area contributed by atoms with E-state index in [-0.39, 0.29) is 5.03 Å². The zero-order chi connectivity index (χ0) is 21.6. The van der Waals surface area contributed by atoms with E-state index < -0.39 is 10.0 Å². The molecule has 0 unspecified atom stereocenters. The summed E-state index contributed by atoms with van der Waals surface area (Å²) in [5.41, 5.74) is 4.35. The molecular formula is C22H24N6O2S. The van der Waals surface area contributed by atoms with Gasteiger partial charge < -0.3 is 14.0 Å². The fraction of sp³-hybridized carbons (Fsp3) is 0.273. The number of rotatable bonds is 5. The largest absolute Gasteiger partial charge is 0.372 e. The molecule has 0 bridgehead atoms. The van der Waals surface area contributed by atoms with Crippen molar-refractivity contribution < 1.29 is 8.42 Å². The first-order valence-electron chi connectivity index (χ1n) is 10.2. The van der Waals surface area contributed by atoms with E-state index in [1.54, 1.807) is 23.9 Å². The van der Waals surface area contributed by atoms with Gasteiger partial charge in [0.25, 0.3) is 10.0 Å². The number of sulfonamides is 1. The summed E-state index contributed by atoms with van der Waals surface area (Å²) < 4.78 is 32.1. The lowest BCUT2D eigenvalue weighted by Gasteiger charge is -2.18. The molecule has 4 heterocycles. The summed E-state index contributed by atoms with van der Waals surface area (Å²) in [7, 11) is -0.170. The van der Waals surface area contributed by atoms with Crippen molar-refractivity contribution in [2.75, 3.05) is 22.7 Å². The molecule has 1 saturated heterocycles. The molecule has 1 aliphatic heterocycles. The Morgan fingerprint density at radius 1 is 1.03 bits per heavy atom. The number of nitrogens with one attached hydrogen (secondary N) is 1. The van der Waals surface area contributed by atoms with Crippen molar-refractivity contribution in [1.29, 1.82) is 0 Å². The molecular weight excluding hydrogens is 412 g/mol. The van der Waals surface area contributed by atoms with Crippen LogP contribution < -0.4 is 9.62 Å². The molecule has 1 aliphatic rings. The fourth-order valence-electron chi connectivity index (χ4n) is 4.18. The minimum absolute atomic E-state index is 0.0199. The summed E-state index contributed by atoms with van der Waals surface area (Å²) >= 11 is 0. The van der Waals surface area contributed by atoms with Crippen molar-refractivity contribution >= 4 is 32.4 Å². The second kappa shape index (κ2) is 7.42. The van der Waals surface area contributed by atoms with Gasteiger partial charge in [-0.1, -0.05) is 12.1 Å². The van der Waals surface area contributed by atoms with Crippen molar-refractivity contribution in [3.8, 4) is 11.1 Å². The predicted molar refractivity (Wildman–Crippen MR) is 122 cm³/mol. The van der Waals surface area contributed by atoms with E-state index in [4.69, 9.17) is 0 Å². The monoisotopic (exact) mass is 436 g/mol. The van der Waals surface area contributed by atoms with Crippen LogP contribution in [-0.4, -0.2) is 40.6 Å². The average Bonchev–Trinajstić information content (AvgIpc) is 3.49. The lowest BCUT2D eigenvalue weighted by molar-refractivity contribution is 0.598. The van der Waals surface area contributed by atoms with Crippen LogP contribution in [0.15, 0.2) is 60.3 Å². The zero-order valence-electron chi connectivity index (χ0n) is 17.5. The average molecular weight is 437 g/mol. The van der Waals surface area contributed by atoms with Gasteiger partial charge in [-0.25, -0.2) is 9.97 Å². The van der Waals surface area contributed by atoms with Crippen molar-refractivity contribution in [2.45, 2.75) is 17.9 Å². The molecule has 5 rings (SSSR count). The molecule has 0 spiro atoms. The third-order valence-corrected chi connectivity index (χ3v) is 6.94. The van der Waals surface area contributed by atoms with Gasteiger partial charge in [-0.05, 0) is 36.6 Å². The minimum atomic E-state index is -3.82. The van der Waals surface area contributed by atoms with Gasteiger partial charge in [0.2, 0.25) is 0 Å². The summed E-state index contributed by atoms with van der Waals surface area (Å²) in [4.78, 5) is 10.9. The Bertz CT molecular complexity index is 1370. The van der Waals surface area contributed by atoms with Gasteiger partial charge in [-0.3, -0.25) is 4.72 Å². The van der Waals surface area contributed by atoms with Crippen LogP contribution >= 0.6 is 0 Å². The van der Waals surface area contributed by atoms with Crippen LogP contribution in [0.1, 0.15) is 12.8 Å². The normalized spacial score (nSPS) is 14.5. The Balaban J connectivity index is 1.62. The molecule has 1 fully saturated rings. The first-order chi connectivity index (χ1) is 14.9. The summed E-state index contributed by atoms with van der Waals surface area (Å²) in [6.45, 7) is 2.13. The molecule has 31 heavy (non-hydrogen) atoms. The Kier molecular flexibility index (Phi) is 4.70. The van der Waals surface area contributed by atoms with E-state index >= 15 is 0 Å². The molecule has 160 valence electrons. The Labute approximate surface area is 181 Å². The Morgan fingerprint density at radius 3 is 2.58 bits per heavy atom. The highest BCUT2D eigenvalue weighted by molar-refractivity contribution is 7.92. The van der Waals surface area contributed by atoms with Crippen LogP contribution in [0.5, 0.6) is 0 Å². The number of fused-ring (bicyclic) bond motifs is 1. The van der Waals surface area contributed by atoms with Gasteiger partial charge in [0.1, 0.15) is 5.65 Å². The zero-order valence-corrected chi connectivity index (χ0v) is 18.3. The van der Waals surface area contributed by atoms with Crippen LogP contribution in [0.2, 0.25) is 0 Å². The molecule has 1 N–H and O–H groups in total. The second-order valence-electron chi connectivity index (χ2n) is 7.94. The van der Waals surface area contributed by atoms with Gasteiger partial charge in [0.05, 0.1) is 17.4 Å². The molecule has 0 atom stereocenters. The third-order valence-electron chi connectivity index (χ3n) is 5.69. The topological polar surface area (TPSA) is 85.0 Å². The highest BCUT2D eigenvalue weighted by Gasteiger charge is 2.22. The highest BCUT2D eigenvalue weighted by Crippen LogP contribution is 2.36. The number of hydrogen-bond acceptors (Lipinski definition) is 5. The lowest BCUT2D eigenvalue weighted by atomic mass is 10.0. The maximum Gasteiger partial charge on any atom is 0.280 e. The molecule has 0 amide bonds. The molecule has 0 radical (unpaired) electrons. The van der Waals surface area contributed by atoms with Crippen LogP contribution in [0, 0.1) is 0 Å². The van der Waals surface area contributed by atoms with Crippen molar-refractivity contribution in [3.05, 3.63) is 55.2 Å². The molecule has 9 heteroatoms. The smallest absolute Gasteiger partial charge is 0.280 e. The lowest BCUT2D eigenvalue weighted by Crippen LogP contribution is -2.17. The molecule has 3 aromatic heterocycles. The Hall–Kier alpha value is -3.33. The van der Waals surface area contributed by atoms with E-state index in [1.165, 1.54) is 31.1 Å². The fourth-order valence-corrected chi connectivity index (χ4v) is 5.23. The van der Waals surface area contributed by atoms with E-state index in [2.05, 4.69) is 43.9 Å². The van der Waals surface area contributed by atoms with E-state index in [0.717, 1.165) is 29.6 Å². The summed E-state index contributed by atoms with van der Waals surface area (Å²) in [6, 6.07) is 10.1. The number of pyridine rings is 1. The summed E-state index contributed by atoms with van der Waals surface area (Å²) in [5.74, 6) is 0. The van der Waals surface area contributed by atoms with Gasteiger partial charge >= 0.3 is 0 Å². The maximum atomic E-state index is 12.9. The standard InChI is InChI=1S/C22H24N6O2S/c1-26-14-20(24-15-26)31(29,30)25-19-8-9-23-22-21(19)18(13-27(22)2)16-6-5-7-17(12-16)28-10-3-4-11-28/h5-9,12-15H,3-4,10-11H2,1-2H3,(H,23,25). The van der Waals surface area contributed by atoms with Crippen LogP contribution in [0.4, 0.5) is 11.4 Å². The van der Waals surface area contributed by atoms with E-state index in [1.807, 2.05) is 17.8 Å². The third kappa shape index (κ3) is 3.54. The molecule has 0 aliphatic carbocycles. The number of hydrogen-bond donors (Lipinski definition) is 1. The van der Waals surface area contributed by atoms with Crippen LogP contribution in [0.3, 0.4) is 0 Å². The second-order valence-corrected chi connectivity index (χ2v) is 9.57. The first-order valence-corrected chi connectivity index (χ1v) is 11.7. The Morgan fingerprint density at radius 2 is 1.84 bits per heavy atom. The predicted octanol–water partition coefficient (Wildman–Crippen LogP) is 3.37. The van der Waals surface area contributed by atoms with Crippen LogP contribution in [-0.2, 0) is 24.1 Å². The van der Waals surface area contributed by atoms with E-state index in [9.17, 15) is 8.42 Å². The number of benzene rings is 1. The number of imidazole rings is 1. The van der Waals surface area contributed by atoms with E-state index in [0.29, 0.717) is 11.3 Å². The molecule has 1 aromatic carbocycles. The highest BCUT2D eigenvalue weighted by atomic mass is 32.2. The quantitative estimate of drug-likeness (QED) is 0.518. The minimum Gasteiger partial charge on any atom is -0.372 e. The molecule has 0 saturated carbocycles. The number of nitrogens with zero attached hydrogens (tertiary/aromatic N) is 5. The first kappa shape index (κ1) is 19.6. The van der Waals surface area contributed by atoms with Crippen molar-refractivity contribution in [1.82, 2.24) is 19.1 Å². The SMILES string of the molecule is Cn1cnc(S(=O)(=O)Nc2ccnc3c2c(-c2cccc(N4CCCC4)c2)cn3C)c1. The molecule has 8 nitrogen and oxygen atoms in total. The summed E-state index contributed by atoms with van der Waals surface area (Å²) in [6.07, 6.45) is 8.98. The van der Waals surface area contributed by atoms with Gasteiger partial charge in [-0.15, -0.1) is 0 Å². The van der Waals surface area contributed by atoms with Gasteiger partial charge in [0.15, 0.2) is 5.03 Å². The van der Waals surface area contributed by atoms with Gasteiger partial charge in [-0.2, -0.15) is 8.42 Å². The van der Waals surface area contributed by atoms with Crippen molar-refractivity contribution in [2.24, 2.45) is 14.1 Å². The number of aryl methyl sites for hydroxylation is 2. The summed E-state index contributed by atoms with van der Waals surface area (Å²) in [5, 5.41) is 0.747. The number of aromatic nitrogens is 4. The van der Waals surface area contributed by atoms with Crippen LogP contribution in [0.25, 0.3) is 22.2 Å². The maximum absolute atomic E-state index is 12.9. The van der Waals surface area contributed by atoms with Gasteiger partial charge in [0, 0.05) is 57.0 Å².